The van der Waals surface area contributed by atoms with Gasteiger partial charge in [-0.15, -0.1) is 11.6 Å². The molecule has 1 aliphatic rings. The molecule has 0 radical (unpaired) electrons. The van der Waals surface area contributed by atoms with Gasteiger partial charge in [0.2, 0.25) is 5.91 Å². The topological polar surface area (TPSA) is 29.5 Å². The van der Waals surface area contributed by atoms with Gasteiger partial charge in [-0.1, -0.05) is 0 Å². The number of morpholine rings is 1. The quantitative estimate of drug-likeness (QED) is 0.576. The van der Waals surface area contributed by atoms with Crippen LogP contribution in [0.2, 0.25) is 0 Å². The molecular formula is C8H14ClNO2. The van der Waals surface area contributed by atoms with E-state index < -0.39 is 0 Å². The number of hydrogen-bond donors (Lipinski definition) is 0. The van der Waals surface area contributed by atoms with Gasteiger partial charge in [-0.2, -0.15) is 0 Å². The molecule has 12 heavy (non-hydrogen) atoms. The van der Waals surface area contributed by atoms with Gasteiger partial charge < -0.3 is 9.64 Å². The maximum absolute atomic E-state index is 11.2. The maximum Gasteiger partial charge on any atom is 0.237 e. The number of rotatable bonds is 1. The molecule has 0 aromatic heterocycles. The van der Waals surface area contributed by atoms with Crippen LogP contribution >= 0.6 is 11.6 Å². The fourth-order valence-electron chi connectivity index (χ4n) is 1.47. The number of carbonyl (C=O) groups excluding carboxylic acids is 1. The van der Waals surface area contributed by atoms with E-state index in [2.05, 4.69) is 0 Å². The van der Waals surface area contributed by atoms with Crippen molar-refractivity contribution in [3.8, 4) is 0 Å². The average molecular weight is 192 g/mol. The van der Waals surface area contributed by atoms with Gasteiger partial charge in [-0.25, -0.2) is 0 Å². The van der Waals surface area contributed by atoms with Crippen molar-refractivity contribution in [2.75, 3.05) is 19.0 Å². The summed E-state index contributed by atoms with van der Waals surface area (Å²) in [4.78, 5) is 13.0. The standard InChI is InChI=1S/C8H14ClNO2/c1-6-4-10(8(11)3-9)5-7(2)12-6/h6-7H,3-5H2,1-2H3/t6-,7-/m0/s1. The number of hydrogen-bond acceptors (Lipinski definition) is 2. The molecule has 0 aromatic carbocycles. The van der Waals surface area contributed by atoms with Crippen LogP contribution in [-0.2, 0) is 9.53 Å². The lowest BCUT2D eigenvalue weighted by molar-refractivity contribution is -0.140. The van der Waals surface area contributed by atoms with Crippen molar-refractivity contribution in [1.82, 2.24) is 4.90 Å². The third-order valence-corrected chi connectivity index (χ3v) is 2.12. The minimum absolute atomic E-state index is 0.00123. The lowest BCUT2D eigenvalue weighted by Gasteiger charge is -2.34. The van der Waals surface area contributed by atoms with E-state index in [1.165, 1.54) is 0 Å². The molecule has 1 saturated heterocycles. The van der Waals surface area contributed by atoms with Gasteiger partial charge in [-0.3, -0.25) is 4.79 Å². The number of carbonyl (C=O) groups is 1. The van der Waals surface area contributed by atoms with E-state index in [4.69, 9.17) is 16.3 Å². The van der Waals surface area contributed by atoms with Crippen molar-refractivity contribution < 1.29 is 9.53 Å². The van der Waals surface area contributed by atoms with E-state index in [0.29, 0.717) is 13.1 Å². The molecule has 1 fully saturated rings. The molecule has 70 valence electrons. The first-order chi connectivity index (χ1) is 5.63. The Kier molecular flexibility index (Phi) is 3.35. The summed E-state index contributed by atoms with van der Waals surface area (Å²) in [6.07, 6.45) is 0.252. The van der Waals surface area contributed by atoms with Gasteiger partial charge in [-0.05, 0) is 13.8 Å². The average Bonchev–Trinajstić information content (AvgIpc) is 2.01. The van der Waals surface area contributed by atoms with Crippen molar-refractivity contribution in [2.45, 2.75) is 26.1 Å². The van der Waals surface area contributed by atoms with E-state index >= 15 is 0 Å². The van der Waals surface area contributed by atoms with Crippen molar-refractivity contribution >= 4 is 17.5 Å². The fraction of sp³-hybridized carbons (Fsp3) is 0.875. The molecule has 0 N–H and O–H groups in total. The van der Waals surface area contributed by atoms with E-state index in [-0.39, 0.29) is 24.0 Å². The molecule has 0 saturated carbocycles. The zero-order valence-electron chi connectivity index (χ0n) is 7.42. The summed E-state index contributed by atoms with van der Waals surface area (Å²) in [6, 6.07) is 0. The summed E-state index contributed by atoms with van der Waals surface area (Å²) in [6.45, 7) is 5.25. The first-order valence-electron chi connectivity index (χ1n) is 4.12. The van der Waals surface area contributed by atoms with Gasteiger partial charge in [0.1, 0.15) is 5.88 Å². The Morgan fingerprint density at radius 3 is 2.42 bits per heavy atom. The van der Waals surface area contributed by atoms with Crippen LogP contribution in [0.25, 0.3) is 0 Å². The number of nitrogens with zero attached hydrogens (tertiary/aromatic N) is 1. The van der Waals surface area contributed by atoms with Crippen LogP contribution in [0, 0.1) is 0 Å². The van der Waals surface area contributed by atoms with E-state index in [1.54, 1.807) is 4.90 Å². The van der Waals surface area contributed by atoms with Crippen molar-refractivity contribution in [3.63, 3.8) is 0 Å². The molecule has 0 aromatic rings. The maximum atomic E-state index is 11.2. The second kappa shape index (κ2) is 4.10. The molecule has 0 unspecified atom stereocenters. The molecule has 1 heterocycles. The molecule has 0 bridgehead atoms. The molecule has 1 amide bonds. The van der Waals surface area contributed by atoms with Crippen LogP contribution in [0.15, 0.2) is 0 Å². The summed E-state index contributed by atoms with van der Waals surface area (Å²) in [5, 5.41) is 0. The summed E-state index contributed by atoms with van der Waals surface area (Å²) >= 11 is 5.45. The Labute approximate surface area is 77.6 Å². The Bertz CT molecular complexity index is 164. The minimum Gasteiger partial charge on any atom is -0.372 e. The lowest BCUT2D eigenvalue weighted by atomic mass is 10.2. The SMILES string of the molecule is C[C@H]1CN(C(=O)CCl)C[C@H](C)O1. The summed E-state index contributed by atoms with van der Waals surface area (Å²) in [5.41, 5.74) is 0. The van der Waals surface area contributed by atoms with Crippen LogP contribution in [0.3, 0.4) is 0 Å². The van der Waals surface area contributed by atoms with E-state index in [0.717, 1.165) is 0 Å². The van der Waals surface area contributed by atoms with E-state index in [9.17, 15) is 4.79 Å². The Hall–Kier alpha value is -0.280. The monoisotopic (exact) mass is 191 g/mol. The van der Waals surface area contributed by atoms with Crippen molar-refractivity contribution in [1.29, 1.82) is 0 Å². The van der Waals surface area contributed by atoms with Gasteiger partial charge in [0, 0.05) is 13.1 Å². The number of alkyl halides is 1. The Morgan fingerprint density at radius 2 is 2.00 bits per heavy atom. The third kappa shape index (κ3) is 2.35. The predicted molar refractivity (Wildman–Crippen MR) is 47.3 cm³/mol. The molecule has 1 rings (SSSR count). The number of halogens is 1. The predicted octanol–water partition coefficient (Wildman–Crippen LogP) is 0.861. The molecule has 2 atom stereocenters. The second-order valence-corrected chi connectivity index (χ2v) is 3.46. The Morgan fingerprint density at radius 1 is 1.50 bits per heavy atom. The first kappa shape index (κ1) is 9.81. The zero-order valence-corrected chi connectivity index (χ0v) is 8.17. The normalized spacial score (nSPS) is 30.4. The highest BCUT2D eigenvalue weighted by atomic mass is 35.5. The molecular weight excluding hydrogens is 178 g/mol. The van der Waals surface area contributed by atoms with Crippen molar-refractivity contribution in [2.24, 2.45) is 0 Å². The van der Waals surface area contributed by atoms with Crippen LogP contribution in [0.5, 0.6) is 0 Å². The molecule has 4 heteroatoms. The van der Waals surface area contributed by atoms with E-state index in [1.807, 2.05) is 13.8 Å². The van der Waals surface area contributed by atoms with Crippen LogP contribution in [0.1, 0.15) is 13.8 Å². The largest absolute Gasteiger partial charge is 0.372 e. The smallest absolute Gasteiger partial charge is 0.237 e. The molecule has 3 nitrogen and oxygen atoms in total. The Balaban J connectivity index is 2.49. The van der Waals surface area contributed by atoms with Crippen molar-refractivity contribution in [3.05, 3.63) is 0 Å². The molecule has 0 aliphatic carbocycles. The summed E-state index contributed by atoms with van der Waals surface area (Å²) in [5.74, 6) is 0.0677. The molecule has 1 aliphatic heterocycles. The van der Waals surface area contributed by atoms with Crippen LogP contribution < -0.4 is 0 Å². The van der Waals surface area contributed by atoms with Gasteiger partial charge in [0.25, 0.3) is 0 Å². The fourth-order valence-corrected chi connectivity index (χ4v) is 1.64. The van der Waals surface area contributed by atoms with Gasteiger partial charge >= 0.3 is 0 Å². The highest BCUT2D eigenvalue weighted by Gasteiger charge is 2.24. The number of ether oxygens (including phenoxy) is 1. The second-order valence-electron chi connectivity index (χ2n) is 3.19. The third-order valence-electron chi connectivity index (χ3n) is 1.89. The lowest BCUT2D eigenvalue weighted by Crippen LogP contribution is -2.48. The molecule has 0 spiro atoms. The summed E-state index contributed by atoms with van der Waals surface area (Å²) in [7, 11) is 0. The van der Waals surface area contributed by atoms with Gasteiger partial charge in [0.05, 0.1) is 12.2 Å². The van der Waals surface area contributed by atoms with Gasteiger partial charge in [0.15, 0.2) is 0 Å². The first-order valence-corrected chi connectivity index (χ1v) is 4.66. The summed E-state index contributed by atoms with van der Waals surface area (Å²) < 4.78 is 5.47. The highest BCUT2D eigenvalue weighted by molar-refractivity contribution is 6.27. The zero-order chi connectivity index (χ0) is 9.14. The highest BCUT2D eigenvalue weighted by Crippen LogP contribution is 2.10. The number of amides is 1. The van der Waals surface area contributed by atoms with Crippen LogP contribution in [-0.4, -0.2) is 42.0 Å². The minimum atomic E-state index is -0.00123. The van der Waals surface area contributed by atoms with Crippen LogP contribution in [0.4, 0.5) is 0 Å².